The quantitative estimate of drug-likeness (QED) is 0.698. The van der Waals surface area contributed by atoms with Gasteiger partial charge in [0.1, 0.15) is 0 Å². The number of carbonyl (C=O) groups is 2. The molecule has 2 heterocycles. The van der Waals surface area contributed by atoms with Crippen molar-refractivity contribution in [1.29, 1.82) is 0 Å². The van der Waals surface area contributed by atoms with Gasteiger partial charge in [-0.25, -0.2) is 0 Å². The number of halogens is 1. The second-order valence-corrected chi connectivity index (χ2v) is 8.85. The van der Waals surface area contributed by atoms with Crippen molar-refractivity contribution in [3.8, 4) is 0 Å². The highest BCUT2D eigenvalue weighted by molar-refractivity contribution is 6.39. The van der Waals surface area contributed by atoms with Gasteiger partial charge in [0.15, 0.2) is 0 Å². The number of benzene rings is 2. The van der Waals surface area contributed by atoms with Crippen LogP contribution in [0.15, 0.2) is 36.4 Å². The second kappa shape index (κ2) is 9.28. The minimum absolute atomic E-state index is 0.0595. The summed E-state index contributed by atoms with van der Waals surface area (Å²) in [6.45, 7) is 5.33. The first-order chi connectivity index (χ1) is 14.9. The molecule has 164 valence electrons. The second-order valence-electron chi connectivity index (χ2n) is 8.45. The lowest BCUT2D eigenvalue weighted by Gasteiger charge is -2.28. The number of rotatable bonds is 5. The summed E-state index contributed by atoms with van der Waals surface area (Å²) in [6.07, 6.45) is 3.36. The first kappa shape index (κ1) is 21.7. The van der Waals surface area contributed by atoms with Gasteiger partial charge < -0.3 is 15.5 Å². The van der Waals surface area contributed by atoms with Crippen molar-refractivity contribution in [3.05, 3.63) is 58.1 Å². The number of anilines is 2. The summed E-state index contributed by atoms with van der Waals surface area (Å²) in [5.74, 6) is -1.32. The first-order valence-corrected chi connectivity index (χ1v) is 11.2. The summed E-state index contributed by atoms with van der Waals surface area (Å²) in [6, 6.07) is 11.9. The summed E-state index contributed by atoms with van der Waals surface area (Å²) in [4.78, 5) is 29.6. The van der Waals surface area contributed by atoms with Crippen LogP contribution in [0.4, 0.5) is 11.4 Å². The Bertz CT molecular complexity index is 988. The Hall–Kier alpha value is -2.57. The molecule has 1 atom stereocenters. The average Bonchev–Trinajstić information content (AvgIpc) is 3.41. The predicted octanol–water partition coefficient (Wildman–Crippen LogP) is 3.53. The van der Waals surface area contributed by atoms with Crippen LogP contribution in [0.25, 0.3) is 0 Å². The van der Waals surface area contributed by atoms with Crippen molar-refractivity contribution >= 4 is 34.8 Å². The molecule has 0 unspecified atom stereocenters. The Balaban J connectivity index is 1.43. The molecule has 0 bridgehead atoms. The van der Waals surface area contributed by atoms with Gasteiger partial charge in [0.05, 0.1) is 6.04 Å². The molecule has 2 aliphatic rings. The van der Waals surface area contributed by atoms with Gasteiger partial charge in [0.25, 0.3) is 0 Å². The van der Waals surface area contributed by atoms with Gasteiger partial charge in [-0.05, 0) is 74.2 Å². The Morgan fingerprint density at radius 3 is 2.58 bits per heavy atom. The van der Waals surface area contributed by atoms with Gasteiger partial charge in [0, 0.05) is 36.5 Å². The van der Waals surface area contributed by atoms with Gasteiger partial charge in [0.2, 0.25) is 0 Å². The van der Waals surface area contributed by atoms with Crippen LogP contribution in [0.2, 0.25) is 5.02 Å². The Morgan fingerprint density at radius 2 is 1.84 bits per heavy atom. The normalized spacial score (nSPS) is 16.8. The molecular formula is C24H29ClN4O2. The van der Waals surface area contributed by atoms with E-state index in [0.29, 0.717) is 17.3 Å². The number of aryl methyl sites for hydroxylation is 1. The molecule has 7 heteroatoms. The summed E-state index contributed by atoms with van der Waals surface area (Å²) in [5.41, 5.74) is 5.25. The monoisotopic (exact) mass is 440 g/mol. The van der Waals surface area contributed by atoms with E-state index in [4.69, 9.17) is 11.6 Å². The average molecular weight is 441 g/mol. The minimum atomic E-state index is -0.685. The molecule has 31 heavy (non-hydrogen) atoms. The fourth-order valence-corrected chi connectivity index (χ4v) is 4.61. The van der Waals surface area contributed by atoms with Crippen LogP contribution in [0.1, 0.15) is 35.6 Å². The molecule has 2 aromatic carbocycles. The first-order valence-electron chi connectivity index (χ1n) is 10.9. The molecule has 6 nitrogen and oxygen atoms in total. The van der Waals surface area contributed by atoms with Crippen LogP contribution in [0.3, 0.4) is 0 Å². The fraction of sp³-hybridized carbons (Fsp3) is 0.417. The number of likely N-dealkylation sites (tertiary alicyclic amines) is 1. The number of likely N-dealkylation sites (N-methyl/N-ethyl adjacent to an activating group) is 1. The topological polar surface area (TPSA) is 64.7 Å². The zero-order chi connectivity index (χ0) is 22.0. The Morgan fingerprint density at radius 1 is 1.06 bits per heavy atom. The maximum absolute atomic E-state index is 12.5. The molecule has 2 N–H and O–H groups in total. The third-order valence-corrected chi connectivity index (χ3v) is 6.70. The van der Waals surface area contributed by atoms with E-state index >= 15 is 0 Å². The summed E-state index contributed by atoms with van der Waals surface area (Å²) < 4.78 is 0. The van der Waals surface area contributed by atoms with Gasteiger partial charge >= 0.3 is 11.8 Å². The summed E-state index contributed by atoms with van der Waals surface area (Å²) in [7, 11) is 2.11. The SMILES string of the molecule is Cc1ccc(NC(=O)C(=O)NC[C@@H](c2ccc3c(c2)CCN3C)N2CCCC2)cc1Cl. The van der Waals surface area contributed by atoms with E-state index in [2.05, 4.69) is 45.7 Å². The molecule has 2 amide bonds. The Labute approximate surface area is 188 Å². The van der Waals surface area contributed by atoms with Crippen molar-refractivity contribution in [1.82, 2.24) is 10.2 Å². The zero-order valence-corrected chi connectivity index (χ0v) is 18.8. The highest BCUT2D eigenvalue weighted by Gasteiger charge is 2.27. The maximum atomic E-state index is 12.5. The highest BCUT2D eigenvalue weighted by atomic mass is 35.5. The van der Waals surface area contributed by atoms with Crippen LogP contribution >= 0.6 is 11.6 Å². The van der Waals surface area contributed by atoms with Gasteiger partial charge in [-0.2, -0.15) is 0 Å². The fourth-order valence-electron chi connectivity index (χ4n) is 4.43. The molecule has 0 radical (unpaired) electrons. The lowest BCUT2D eigenvalue weighted by atomic mass is 10.0. The Kier molecular flexibility index (Phi) is 6.49. The van der Waals surface area contributed by atoms with E-state index < -0.39 is 11.8 Å². The number of nitrogens with zero attached hydrogens (tertiary/aromatic N) is 2. The van der Waals surface area contributed by atoms with Crippen molar-refractivity contribution in [2.45, 2.75) is 32.2 Å². The molecule has 2 aromatic rings. The van der Waals surface area contributed by atoms with E-state index in [0.717, 1.165) is 44.5 Å². The molecule has 4 rings (SSSR count). The highest BCUT2D eigenvalue weighted by Crippen LogP contribution is 2.32. The van der Waals surface area contributed by atoms with E-state index in [9.17, 15) is 9.59 Å². The van der Waals surface area contributed by atoms with Gasteiger partial charge in [-0.3, -0.25) is 14.5 Å². The number of hydrogen-bond donors (Lipinski definition) is 2. The third kappa shape index (κ3) is 4.86. The molecule has 1 saturated heterocycles. The number of fused-ring (bicyclic) bond motifs is 1. The van der Waals surface area contributed by atoms with Crippen LogP contribution in [-0.4, -0.2) is 49.9 Å². The summed E-state index contributed by atoms with van der Waals surface area (Å²) in [5, 5.41) is 6.02. The maximum Gasteiger partial charge on any atom is 0.313 e. The molecular weight excluding hydrogens is 412 g/mol. The number of nitrogens with one attached hydrogen (secondary N) is 2. The van der Waals surface area contributed by atoms with Crippen LogP contribution in [0.5, 0.6) is 0 Å². The van der Waals surface area contributed by atoms with Crippen molar-refractivity contribution in [2.75, 3.05) is 43.4 Å². The molecule has 0 spiro atoms. The molecule has 0 aromatic heterocycles. The number of carbonyl (C=O) groups excluding carboxylic acids is 2. The molecule has 0 saturated carbocycles. The zero-order valence-electron chi connectivity index (χ0n) is 18.1. The number of amides is 2. The number of hydrogen-bond acceptors (Lipinski definition) is 4. The molecule has 1 fully saturated rings. The van der Waals surface area contributed by atoms with E-state index in [1.165, 1.54) is 16.8 Å². The van der Waals surface area contributed by atoms with Crippen LogP contribution < -0.4 is 15.5 Å². The van der Waals surface area contributed by atoms with Gasteiger partial charge in [-0.15, -0.1) is 0 Å². The van der Waals surface area contributed by atoms with Gasteiger partial charge in [-0.1, -0.05) is 29.8 Å². The summed E-state index contributed by atoms with van der Waals surface area (Å²) >= 11 is 6.11. The minimum Gasteiger partial charge on any atom is -0.374 e. The van der Waals surface area contributed by atoms with E-state index in [-0.39, 0.29) is 6.04 Å². The van der Waals surface area contributed by atoms with Crippen molar-refractivity contribution < 1.29 is 9.59 Å². The molecule has 2 aliphatic heterocycles. The lowest BCUT2D eigenvalue weighted by Crippen LogP contribution is -2.41. The van der Waals surface area contributed by atoms with E-state index in [1.807, 2.05) is 13.0 Å². The lowest BCUT2D eigenvalue weighted by molar-refractivity contribution is -0.136. The third-order valence-electron chi connectivity index (χ3n) is 6.29. The predicted molar refractivity (Wildman–Crippen MR) is 125 cm³/mol. The van der Waals surface area contributed by atoms with Crippen molar-refractivity contribution in [3.63, 3.8) is 0 Å². The van der Waals surface area contributed by atoms with E-state index in [1.54, 1.807) is 12.1 Å². The van der Waals surface area contributed by atoms with Crippen LogP contribution in [0, 0.1) is 6.92 Å². The largest absolute Gasteiger partial charge is 0.374 e. The van der Waals surface area contributed by atoms with Crippen LogP contribution in [-0.2, 0) is 16.0 Å². The standard InChI is InChI=1S/C24H29ClN4O2/c1-16-5-7-19(14-20(16)25)27-24(31)23(30)26-15-22(29-10-3-4-11-29)17-6-8-21-18(13-17)9-12-28(21)2/h5-8,13-14,22H,3-4,9-12,15H2,1-2H3,(H,26,30)(H,27,31)/t22-/m0/s1. The molecule has 0 aliphatic carbocycles. The van der Waals surface area contributed by atoms with Crippen molar-refractivity contribution in [2.24, 2.45) is 0 Å². The smallest absolute Gasteiger partial charge is 0.313 e.